The fraction of sp³-hybridized carbons (Fsp3) is 0.250. The number of ether oxygens (including phenoxy) is 3. The average Bonchev–Trinajstić information content (AvgIpc) is 2.35. The van der Waals surface area contributed by atoms with Crippen LogP contribution < -0.4 is 14.2 Å². The van der Waals surface area contributed by atoms with Crippen LogP contribution >= 0.6 is 11.6 Å². The van der Waals surface area contributed by atoms with Crippen LogP contribution in [0.3, 0.4) is 0 Å². The number of hydrogen-bond acceptors (Lipinski definition) is 4. The lowest BCUT2D eigenvalue weighted by Gasteiger charge is -2.11. The van der Waals surface area contributed by atoms with Gasteiger partial charge in [0, 0.05) is 5.39 Å². The maximum absolute atomic E-state index is 5.91. The molecule has 2 rings (SSSR count). The molecule has 0 bridgehead atoms. The molecule has 0 unspecified atom stereocenters. The molecule has 0 saturated heterocycles. The van der Waals surface area contributed by atoms with Gasteiger partial charge in [0.25, 0.3) is 0 Å². The van der Waals surface area contributed by atoms with E-state index in [0.717, 1.165) is 10.8 Å². The summed E-state index contributed by atoms with van der Waals surface area (Å²) in [6, 6.07) is 5.40. The Balaban J connectivity index is 2.77. The van der Waals surface area contributed by atoms with Crippen molar-refractivity contribution in [3.05, 3.63) is 23.4 Å². The number of halogens is 1. The molecule has 0 radical (unpaired) electrons. The predicted molar refractivity (Wildman–Crippen MR) is 66.4 cm³/mol. The van der Waals surface area contributed by atoms with Crippen LogP contribution in [0.1, 0.15) is 0 Å². The Kier molecular flexibility index (Phi) is 3.24. The Hall–Kier alpha value is -1.68. The lowest BCUT2D eigenvalue weighted by atomic mass is 10.1. The molecule has 1 aromatic heterocycles. The highest BCUT2D eigenvalue weighted by Gasteiger charge is 2.11. The molecule has 0 amide bonds. The monoisotopic (exact) mass is 253 g/mol. The zero-order valence-electron chi connectivity index (χ0n) is 9.78. The van der Waals surface area contributed by atoms with Gasteiger partial charge in [-0.2, -0.15) is 0 Å². The molecule has 0 atom stereocenters. The summed E-state index contributed by atoms with van der Waals surface area (Å²) in [7, 11) is 4.72. The second kappa shape index (κ2) is 4.67. The Morgan fingerprint density at radius 2 is 1.59 bits per heavy atom. The number of methoxy groups -OCH3 is 3. The summed E-state index contributed by atoms with van der Waals surface area (Å²) in [5.74, 6) is 1.74. The third-order valence-corrected chi connectivity index (χ3v) is 2.66. The van der Waals surface area contributed by atoms with Crippen LogP contribution in [0, 0.1) is 0 Å². The van der Waals surface area contributed by atoms with E-state index < -0.39 is 0 Å². The molecule has 0 aliphatic heterocycles. The van der Waals surface area contributed by atoms with Gasteiger partial charge in [-0.1, -0.05) is 11.6 Å². The number of pyridine rings is 1. The molecule has 0 saturated carbocycles. The molecule has 0 fully saturated rings. The molecule has 5 heteroatoms. The molecule has 0 spiro atoms. The Morgan fingerprint density at radius 1 is 0.941 bits per heavy atom. The number of rotatable bonds is 3. The lowest BCUT2D eigenvalue weighted by Crippen LogP contribution is -1.94. The molecule has 17 heavy (non-hydrogen) atoms. The van der Waals surface area contributed by atoms with Crippen molar-refractivity contribution >= 4 is 22.4 Å². The fourth-order valence-electron chi connectivity index (χ4n) is 1.67. The summed E-state index contributed by atoms with van der Waals surface area (Å²) in [5, 5.41) is 2.09. The fourth-order valence-corrected chi connectivity index (χ4v) is 1.87. The second-order valence-electron chi connectivity index (χ2n) is 3.38. The normalized spacial score (nSPS) is 10.4. The van der Waals surface area contributed by atoms with E-state index >= 15 is 0 Å². The van der Waals surface area contributed by atoms with Crippen molar-refractivity contribution in [1.82, 2.24) is 4.98 Å². The first-order chi connectivity index (χ1) is 8.19. The summed E-state index contributed by atoms with van der Waals surface area (Å²) in [4.78, 5) is 4.10. The Labute approximate surface area is 104 Å². The van der Waals surface area contributed by atoms with Crippen LogP contribution in [-0.2, 0) is 0 Å². The van der Waals surface area contributed by atoms with Crippen LogP contribution in [0.15, 0.2) is 18.2 Å². The van der Waals surface area contributed by atoms with Crippen LogP contribution in [-0.4, -0.2) is 26.3 Å². The van der Waals surface area contributed by atoms with E-state index in [0.29, 0.717) is 22.5 Å². The number of benzene rings is 1. The first kappa shape index (κ1) is 11.8. The third kappa shape index (κ3) is 2.08. The molecule has 0 aliphatic carbocycles. The van der Waals surface area contributed by atoms with Crippen molar-refractivity contribution < 1.29 is 14.2 Å². The van der Waals surface area contributed by atoms with Gasteiger partial charge in [-0.05, 0) is 23.6 Å². The first-order valence-electron chi connectivity index (χ1n) is 4.96. The number of hydrogen-bond donors (Lipinski definition) is 0. The van der Waals surface area contributed by atoms with E-state index in [1.54, 1.807) is 27.4 Å². The number of aromatic nitrogens is 1. The third-order valence-electron chi connectivity index (χ3n) is 2.46. The molecule has 1 heterocycles. The molecular weight excluding hydrogens is 242 g/mol. The zero-order valence-corrected chi connectivity index (χ0v) is 10.5. The number of fused-ring (bicyclic) bond motifs is 1. The molecule has 1 aromatic carbocycles. The molecular formula is C12H12ClNO3. The second-order valence-corrected chi connectivity index (χ2v) is 3.77. The van der Waals surface area contributed by atoms with Crippen LogP contribution in [0.25, 0.3) is 10.8 Å². The summed E-state index contributed by atoms with van der Waals surface area (Å²) >= 11 is 5.91. The molecule has 2 aromatic rings. The average molecular weight is 254 g/mol. The van der Waals surface area contributed by atoms with Gasteiger partial charge in [-0.15, -0.1) is 0 Å². The largest absolute Gasteiger partial charge is 0.493 e. The molecule has 0 aliphatic rings. The maximum atomic E-state index is 5.91. The molecule has 90 valence electrons. The van der Waals surface area contributed by atoms with E-state index in [4.69, 9.17) is 25.8 Å². The highest BCUT2D eigenvalue weighted by molar-refractivity contribution is 6.30. The van der Waals surface area contributed by atoms with E-state index in [1.165, 1.54) is 0 Å². The van der Waals surface area contributed by atoms with Crippen LogP contribution in [0.2, 0.25) is 5.15 Å². The van der Waals surface area contributed by atoms with Gasteiger partial charge in [0.05, 0.1) is 21.3 Å². The van der Waals surface area contributed by atoms with E-state index in [2.05, 4.69) is 4.98 Å². The smallest absolute Gasteiger partial charge is 0.222 e. The molecule has 0 N–H and O–H groups in total. The summed E-state index contributed by atoms with van der Waals surface area (Å²) in [5.41, 5.74) is 0. The van der Waals surface area contributed by atoms with Crippen LogP contribution in [0.5, 0.6) is 17.4 Å². The minimum absolute atomic E-state index is 0.376. The highest BCUT2D eigenvalue weighted by atomic mass is 35.5. The predicted octanol–water partition coefficient (Wildman–Crippen LogP) is 2.91. The first-order valence-corrected chi connectivity index (χ1v) is 5.33. The van der Waals surface area contributed by atoms with Gasteiger partial charge >= 0.3 is 0 Å². The Morgan fingerprint density at radius 3 is 2.18 bits per heavy atom. The minimum Gasteiger partial charge on any atom is -0.493 e. The quantitative estimate of drug-likeness (QED) is 0.789. The number of nitrogens with zero attached hydrogens (tertiary/aromatic N) is 1. The standard InChI is InChI=1S/C12H12ClNO3/c1-15-9-4-7-5-11(13)14-12(17-3)8(7)6-10(9)16-2/h4-6H,1-3H3. The van der Waals surface area contributed by atoms with Crippen molar-refractivity contribution in [3.63, 3.8) is 0 Å². The van der Waals surface area contributed by atoms with Crippen molar-refractivity contribution in [2.75, 3.05) is 21.3 Å². The van der Waals surface area contributed by atoms with E-state index in [9.17, 15) is 0 Å². The van der Waals surface area contributed by atoms with Gasteiger partial charge in [0.1, 0.15) is 5.15 Å². The van der Waals surface area contributed by atoms with Crippen molar-refractivity contribution in [2.45, 2.75) is 0 Å². The molecule has 4 nitrogen and oxygen atoms in total. The summed E-state index contributed by atoms with van der Waals surface area (Å²) < 4.78 is 15.7. The highest BCUT2D eigenvalue weighted by Crippen LogP contribution is 2.36. The summed E-state index contributed by atoms with van der Waals surface area (Å²) in [6.45, 7) is 0. The zero-order chi connectivity index (χ0) is 12.4. The lowest BCUT2D eigenvalue weighted by molar-refractivity contribution is 0.355. The van der Waals surface area contributed by atoms with Gasteiger partial charge in [0.2, 0.25) is 5.88 Å². The summed E-state index contributed by atoms with van der Waals surface area (Å²) in [6.07, 6.45) is 0. The van der Waals surface area contributed by atoms with Gasteiger partial charge in [-0.25, -0.2) is 4.98 Å². The van der Waals surface area contributed by atoms with Crippen LogP contribution in [0.4, 0.5) is 0 Å². The van der Waals surface area contributed by atoms with E-state index in [-0.39, 0.29) is 0 Å². The van der Waals surface area contributed by atoms with Crippen molar-refractivity contribution in [1.29, 1.82) is 0 Å². The van der Waals surface area contributed by atoms with Crippen molar-refractivity contribution in [2.24, 2.45) is 0 Å². The van der Waals surface area contributed by atoms with Gasteiger partial charge in [-0.3, -0.25) is 0 Å². The van der Waals surface area contributed by atoms with Crippen molar-refractivity contribution in [3.8, 4) is 17.4 Å². The Bertz CT molecular complexity index is 557. The SMILES string of the molecule is COc1cc2cc(Cl)nc(OC)c2cc1OC. The van der Waals surface area contributed by atoms with Gasteiger partial charge < -0.3 is 14.2 Å². The minimum atomic E-state index is 0.376. The van der Waals surface area contributed by atoms with Gasteiger partial charge in [0.15, 0.2) is 11.5 Å². The maximum Gasteiger partial charge on any atom is 0.222 e. The topological polar surface area (TPSA) is 40.6 Å². The van der Waals surface area contributed by atoms with E-state index in [1.807, 2.05) is 12.1 Å².